The SMILES string of the molecule is CC1=NNC(Nc2cc(OCCCCCCC(=O)NO)nc(Sc3ccc(NC(=O)C4CC4)cc3)n2)C1. The number of hydrogen-bond donors (Lipinski definition) is 5. The van der Waals surface area contributed by atoms with Crippen molar-refractivity contribution in [2.75, 3.05) is 17.2 Å². The van der Waals surface area contributed by atoms with Crippen molar-refractivity contribution in [1.82, 2.24) is 20.9 Å². The number of nitrogens with zero attached hydrogens (tertiary/aromatic N) is 3. The molecule has 12 heteroatoms. The van der Waals surface area contributed by atoms with E-state index >= 15 is 0 Å². The van der Waals surface area contributed by atoms with Crippen LogP contribution in [0, 0.1) is 5.92 Å². The first kappa shape index (κ1) is 26.7. The van der Waals surface area contributed by atoms with Gasteiger partial charge >= 0.3 is 0 Å². The molecule has 1 aromatic carbocycles. The number of unbranched alkanes of at least 4 members (excludes halogenated alkanes) is 3. The molecule has 37 heavy (non-hydrogen) atoms. The predicted octanol–water partition coefficient (Wildman–Crippen LogP) is 3.92. The summed E-state index contributed by atoms with van der Waals surface area (Å²) in [5.41, 5.74) is 6.49. The average molecular weight is 528 g/mol. The number of hydrazone groups is 1. The molecule has 1 fully saturated rings. The normalized spacial score (nSPS) is 16.5. The van der Waals surface area contributed by atoms with Crippen LogP contribution in [0.25, 0.3) is 0 Å². The third-order valence-electron chi connectivity index (χ3n) is 5.87. The highest BCUT2D eigenvalue weighted by molar-refractivity contribution is 7.99. The Kier molecular flexibility index (Phi) is 9.55. The first-order valence-corrected chi connectivity index (χ1v) is 13.4. The molecule has 2 heterocycles. The molecule has 2 aromatic rings. The largest absolute Gasteiger partial charge is 0.478 e. The Balaban J connectivity index is 1.33. The van der Waals surface area contributed by atoms with Gasteiger partial charge in [0.1, 0.15) is 12.0 Å². The summed E-state index contributed by atoms with van der Waals surface area (Å²) in [5.74, 6) is 0.992. The molecule has 2 amide bonds. The number of hydroxylamine groups is 1. The molecule has 1 saturated carbocycles. The van der Waals surface area contributed by atoms with E-state index in [1.54, 1.807) is 11.5 Å². The summed E-state index contributed by atoms with van der Waals surface area (Å²) in [6, 6.07) is 9.42. The zero-order valence-electron chi connectivity index (χ0n) is 20.8. The van der Waals surface area contributed by atoms with Crippen LogP contribution in [0.15, 0.2) is 45.5 Å². The number of carbonyl (C=O) groups is 2. The van der Waals surface area contributed by atoms with Crippen LogP contribution in [-0.2, 0) is 9.59 Å². The molecule has 2 aliphatic rings. The first-order valence-electron chi connectivity index (χ1n) is 12.6. The second-order valence-corrected chi connectivity index (χ2v) is 10.2. The van der Waals surface area contributed by atoms with Gasteiger partial charge in [-0.1, -0.05) is 12.8 Å². The number of amides is 2. The number of benzene rings is 1. The van der Waals surface area contributed by atoms with Gasteiger partial charge < -0.3 is 15.4 Å². The van der Waals surface area contributed by atoms with Gasteiger partial charge in [-0.2, -0.15) is 10.1 Å². The maximum absolute atomic E-state index is 12.0. The van der Waals surface area contributed by atoms with Gasteiger partial charge in [0.25, 0.3) is 0 Å². The molecule has 5 N–H and O–H groups in total. The fourth-order valence-electron chi connectivity index (χ4n) is 3.71. The van der Waals surface area contributed by atoms with Crippen LogP contribution in [0.1, 0.15) is 58.3 Å². The number of carbonyl (C=O) groups excluding carboxylic acids is 2. The first-order chi connectivity index (χ1) is 18.0. The quantitative estimate of drug-likeness (QED) is 0.107. The lowest BCUT2D eigenvalue weighted by Crippen LogP contribution is -2.29. The van der Waals surface area contributed by atoms with E-state index in [1.807, 2.05) is 31.2 Å². The Hall–Kier alpha value is -3.38. The standard InChI is InChI=1S/C25H33N7O4S/c1-16-14-21(31-30-16)27-20-15-23(36-13-5-3-2-4-6-22(33)32-35)29-25(28-20)37-19-11-9-18(10-12-19)26-24(34)17-7-8-17/h9-12,15,17,21,31,35H,2-8,13-14H2,1H3,(H,26,34)(H,32,33)(H,27,28,29). The Morgan fingerprint density at radius 1 is 1.14 bits per heavy atom. The summed E-state index contributed by atoms with van der Waals surface area (Å²) >= 11 is 1.41. The van der Waals surface area contributed by atoms with E-state index < -0.39 is 0 Å². The lowest BCUT2D eigenvalue weighted by atomic mass is 10.1. The van der Waals surface area contributed by atoms with Gasteiger partial charge in [0.15, 0.2) is 5.16 Å². The van der Waals surface area contributed by atoms with Gasteiger partial charge in [-0.15, -0.1) is 0 Å². The number of hydrogen-bond acceptors (Lipinski definition) is 10. The summed E-state index contributed by atoms with van der Waals surface area (Å²) in [6.07, 6.45) is 6.28. The second-order valence-electron chi connectivity index (χ2n) is 9.19. The molecule has 11 nitrogen and oxygen atoms in total. The molecule has 0 spiro atoms. The maximum atomic E-state index is 12.0. The lowest BCUT2D eigenvalue weighted by molar-refractivity contribution is -0.129. The highest BCUT2D eigenvalue weighted by Crippen LogP contribution is 2.32. The van der Waals surface area contributed by atoms with Crippen LogP contribution >= 0.6 is 11.8 Å². The summed E-state index contributed by atoms with van der Waals surface area (Å²) in [4.78, 5) is 33.2. The van der Waals surface area contributed by atoms with Crippen molar-refractivity contribution in [1.29, 1.82) is 0 Å². The van der Waals surface area contributed by atoms with Crippen molar-refractivity contribution >= 4 is 40.8 Å². The van der Waals surface area contributed by atoms with Crippen molar-refractivity contribution in [2.45, 2.75) is 74.5 Å². The van der Waals surface area contributed by atoms with Gasteiger partial charge in [0.05, 0.1) is 6.61 Å². The van der Waals surface area contributed by atoms with Crippen molar-refractivity contribution < 1.29 is 19.5 Å². The van der Waals surface area contributed by atoms with E-state index in [2.05, 4.69) is 31.1 Å². The van der Waals surface area contributed by atoms with Crippen LogP contribution in [0.5, 0.6) is 5.88 Å². The van der Waals surface area contributed by atoms with Crippen molar-refractivity contribution in [3.8, 4) is 5.88 Å². The molecule has 1 aliphatic heterocycles. The van der Waals surface area contributed by atoms with E-state index in [0.29, 0.717) is 36.3 Å². The molecule has 198 valence electrons. The molecular weight excluding hydrogens is 494 g/mol. The van der Waals surface area contributed by atoms with Gasteiger partial charge in [0.2, 0.25) is 17.7 Å². The zero-order chi connectivity index (χ0) is 26.0. The van der Waals surface area contributed by atoms with Crippen LogP contribution in [0.3, 0.4) is 0 Å². The monoisotopic (exact) mass is 527 g/mol. The average Bonchev–Trinajstić information content (AvgIpc) is 3.66. The van der Waals surface area contributed by atoms with Crippen LogP contribution in [0.2, 0.25) is 0 Å². The third kappa shape index (κ3) is 8.90. The molecule has 1 unspecified atom stereocenters. The summed E-state index contributed by atoms with van der Waals surface area (Å²) in [7, 11) is 0. The Labute approximate surface area is 220 Å². The fourth-order valence-corrected chi connectivity index (χ4v) is 4.47. The minimum atomic E-state index is -0.364. The van der Waals surface area contributed by atoms with Gasteiger partial charge in [-0.25, -0.2) is 10.5 Å². The summed E-state index contributed by atoms with van der Waals surface area (Å²) < 4.78 is 5.93. The number of aromatic nitrogens is 2. The Bertz CT molecular complexity index is 1110. The van der Waals surface area contributed by atoms with E-state index in [9.17, 15) is 9.59 Å². The second kappa shape index (κ2) is 13.2. The lowest BCUT2D eigenvalue weighted by Gasteiger charge is -2.15. The molecular formula is C25H33N7O4S. The Morgan fingerprint density at radius 2 is 1.92 bits per heavy atom. The summed E-state index contributed by atoms with van der Waals surface area (Å²) in [6.45, 7) is 2.46. The molecule has 1 atom stereocenters. The number of rotatable bonds is 14. The molecule has 0 bridgehead atoms. The topological polar surface area (TPSA) is 150 Å². The third-order valence-corrected chi connectivity index (χ3v) is 6.74. The smallest absolute Gasteiger partial charge is 0.243 e. The highest BCUT2D eigenvalue weighted by atomic mass is 32.2. The van der Waals surface area contributed by atoms with E-state index in [4.69, 9.17) is 9.94 Å². The van der Waals surface area contributed by atoms with Crippen molar-refractivity contribution in [2.24, 2.45) is 11.0 Å². The molecule has 4 rings (SSSR count). The predicted molar refractivity (Wildman–Crippen MR) is 141 cm³/mol. The minimum Gasteiger partial charge on any atom is -0.478 e. The van der Waals surface area contributed by atoms with Gasteiger partial charge in [-0.05, 0) is 68.6 Å². The number of ether oxygens (including phenoxy) is 1. The highest BCUT2D eigenvalue weighted by Gasteiger charge is 2.29. The zero-order valence-corrected chi connectivity index (χ0v) is 21.6. The van der Waals surface area contributed by atoms with Crippen LogP contribution in [-0.4, -0.2) is 45.5 Å². The van der Waals surface area contributed by atoms with Crippen LogP contribution in [0.4, 0.5) is 11.5 Å². The Morgan fingerprint density at radius 3 is 2.62 bits per heavy atom. The maximum Gasteiger partial charge on any atom is 0.243 e. The molecule has 0 radical (unpaired) electrons. The van der Waals surface area contributed by atoms with E-state index in [1.165, 1.54) is 11.8 Å². The van der Waals surface area contributed by atoms with Crippen LogP contribution < -0.4 is 26.3 Å². The van der Waals surface area contributed by atoms with Crippen molar-refractivity contribution in [3.05, 3.63) is 30.3 Å². The van der Waals surface area contributed by atoms with Crippen molar-refractivity contribution in [3.63, 3.8) is 0 Å². The molecule has 0 saturated heterocycles. The number of nitrogens with one attached hydrogen (secondary N) is 4. The molecule has 1 aliphatic carbocycles. The number of anilines is 2. The van der Waals surface area contributed by atoms with Gasteiger partial charge in [0, 0.05) is 41.1 Å². The van der Waals surface area contributed by atoms with E-state index in [0.717, 1.165) is 54.8 Å². The van der Waals surface area contributed by atoms with E-state index in [-0.39, 0.29) is 23.9 Å². The van der Waals surface area contributed by atoms with Gasteiger partial charge in [-0.3, -0.25) is 20.2 Å². The molecule has 1 aromatic heterocycles. The minimum absolute atomic E-state index is 0.0499. The summed E-state index contributed by atoms with van der Waals surface area (Å²) in [5, 5.41) is 19.6. The fraction of sp³-hybridized carbons (Fsp3) is 0.480.